The molecule has 1 atom stereocenters. The Morgan fingerprint density at radius 1 is 1.35 bits per heavy atom. The topological polar surface area (TPSA) is 66.8 Å². The lowest BCUT2D eigenvalue weighted by Crippen LogP contribution is -2.31. The van der Waals surface area contributed by atoms with Crippen LogP contribution in [0.15, 0.2) is 34.4 Å². The van der Waals surface area contributed by atoms with Gasteiger partial charge in [0, 0.05) is 19.1 Å². The Morgan fingerprint density at radius 2 is 2.00 bits per heavy atom. The fourth-order valence-corrected chi connectivity index (χ4v) is 2.62. The SMILES string of the molecule is CCC1=C(C(CC)=C(CC)C(=O)O)C=CC(O)(OC)C1. The van der Waals surface area contributed by atoms with E-state index < -0.39 is 11.8 Å². The highest BCUT2D eigenvalue weighted by atomic mass is 16.6. The minimum Gasteiger partial charge on any atom is -0.478 e. The van der Waals surface area contributed by atoms with Gasteiger partial charge in [0.2, 0.25) is 0 Å². The molecule has 112 valence electrons. The van der Waals surface area contributed by atoms with Crippen molar-refractivity contribution in [3.8, 4) is 0 Å². The van der Waals surface area contributed by atoms with Gasteiger partial charge >= 0.3 is 5.97 Å². The maximum Gasteiger partial charge on any atom is 0.331 e. The average Bonchev–Trinajstić information content (AvgIpc) is 2.44. The fraction of sp³-hybridized carbons (Fsp3) is 0.562. The normalized spacial score (nSPS) is 23.9. The van der Waals surface area contributed by atoms with Gasteiger partial charge in [-0.15, -0.1) is 0 Å². The first-order valence-corrected chi connectivity index (χ1v) is 7.06. The highest BCUT2D eigenvalue weighted by Gasteiger charge is 2.30. The summed E-state index contributed by atoms with van der Waals surface area (Å²) in [6.07, 6.45) is 5.68. The zero-order valence-corrected chi connectivity index (χ0v) is 12.7. The van der Waals surface area contributed by atoms with E-state index in [0.717, 1.165) is 23.1 Å². The summed E-state index contributed by atoms with van der Waals surface area (Å²) < 4.78 is 5.11. The molecule has 4 heteroatoms. The lowest BCUT2D eigenvalue weighted by atomic mass is 9.84. The van der Waals surface area contributed by atoms with Gasteiger partial charge in [0.1, 0.15) is 0 Å². The molecule has 0 amide bonds. The number of aliphatic carboxylic acids is 1. The third kappa shape index (κ3) is 3.38. The van der Waals surface area contributed by atoms with Gasteiger partial charge in [-0.3, -0.25) is 0 Å². The monoisotopic (exact) mass is 280 g/mol. The number of carboxylic acids is 1. The highest BCUT2D eigenvalue weighted by Crippen LogP contribution is 2.35. The van der Waals surface area contributed by atoms with Gasteiger partial charge in [-0.05, 0) is 36.5 Å². The van der Waals surface area contributed by atoms with Crippen LogP contribution in [0.5, 0.6) is 0 Å². The average molecular weight is 280 g/mol. The molecule has 0 radical (unpaired) electrons. The molecule has 0 fully saturated rings. The van der Waals surface area contributed by atoms with E-state index in [0.29, 0.717) is 24.8 Å². The van der Waals surface area contributed by atoms with Crippen molar-refractivity contribution in [1.82, 2.24) is 0 Å². The first kappa shape index (κ1) is 16.7. The maximum atomic E-state index is 11.4. The Morgan fingerprint density at radius 3 is 2.40 bits per heavy atom. The minimum atomic E-state index is -1.27. The summed E-state index contributed by atoms with van der Waals surface area (Å²) in [5, 5.41) is 19.5. The van der Waals surface area contributed by atoms with Gasteiger partial charge < -0.3 is 14.9 Å². The summed E-state index contributed by atoms with van der Waals surface area (Å²) in [5.74, 6) is -2.14. The molecule has 0 bridgehead atoms. The number of carbonyl (C=O) groups is 1. The second kappa shape index (κ2) is 6.86. The summed E-state index contributed by atoms with van der Waals surface area (Å²) in [6, 6.07) is 0. The largest absolute Gasteiger partial charge is 0.478 e. The van der Waals surface area contributed by atoms with E-state index in [1.807, 2.05) is 20.8 Å². The number of carboxylic acid groups (broad SMARTS) is 1. The molecule has 1 rings (SSSR count). The minimum absolute atomic E-state index is 0.381. The van der Waals surface area contributed by atoms with Crippen LogP contribution >= 0.6 is 0 Å². The summed E-state index contributed by atoms with van der Waals surface area (Å²) in [5.41, 5.74) is 3.27. The standard InChI is InChI=1S/C16H24O4/c1-5-11-10-16(19,20-4)9-8-14(11)12(6-2)13(7-3)15(17)18/h8-9,19H,5-7,10H2,1-4H3,(H,17,18). The van der Waals surface area contributed by atoms with E-state index in [4.69, 9.17) is 4.74 Å². The quantitative estimate of drug-likeness (QED) is 0.579. The lowest BCUT2D eigenvalue weighted by molar-refractivity contribution is -0.145. The van der Waals surface area contributed by atoms with Crippen LogP contribution in [0.4, 0.5) is 0 Å². The Kier molecular flexibility index (Phi) is 5.72. The van der Waals surface area contributed by atoms with E-state index in [1.54, 1.807) is 12.2 Å². The number of hydrogen-bond acceptors (Lipinski definition) is 3. The molecule has 1 aliphatic rings. The van der Waals surface area contributed by atoms with Crippen LogP contribution in [-0.4, -0.2) is 29.1 Å². The van der Waals surface area contributed by atoms with Crippen LogP contribution in [0.3, 0.4) is 0 Å². The molecule has 0 saturated heterocycles. The second-order valence-corrected chi connectivity index (χ2v) is 4.90. The van der Waals surface area contributed by atoms with Crippen molar-refractivity contribution >= 4 is 5.97 Å². The van der Waals surface area contributed by atoms with Gasteiger partial charge in [-0.25, -0.2) is 4.79 Å². The van der Waals surface area contributed by atoms with Crippen molar-refractivity contribution in [2.75, 3.05) is 7.11 Å². The number of rotatable bonds is 6. The summed E-state index contributed by atoms with van der Waals surface area (Å²) in [7, 11) is 1.47. The van der Waals surface area contributed by atoms with Crippen LogP contribution in [-0.2, 0) is 9.53 Å². The Bertz CT molecular complexity index is 471. The van der Waals surface area contributed by atoms with Gasteiger partial charge in [0.25, 0.3) is 0 Å². The predicted molar refractivity (Wildman–Crippen MR) is 78.3 cm³/mol. The zero-order chi connectivity index (χ0) is 15.3. The molecule has 1 unspecified atom stereocenters. The number of aliphatic hydroxyl groups is 1. The molecule has 0 spiro atoms. The van der Waals surface area contributed by atoms with Crippen LogP contribution < -0.4 is 0 Å². The lowest BCUT2D eigenvalue weighted by Gasteiger charge is -2.30. The van der Waals surface area contributed by atoms with Gasteiger partial charge in [-0.2, -0.15) is 0 Å². The fourth-order valence-electron chi connectivity index (χ4n) is 2.62. The van der Waals surface area contributed by atoms with E-state index in [2.05, 4.69) is 0 Å². The summed E-state index contributed by atoms with van der Waals surface area (Å²) >= 11 is 0. The Hall–Kier alpha value is -1.39. The third-order valence-corrected chi connectivity index (χ3v) is 3.79. The van der Waals surface area contributed by atoms with Crippen LogP contribution in [0, 0.1) is 0 Å². The molecule has 2 N–H and O–H groups in total. The van der Waals surface area contributed by atoms with E-state index >= 15 is 0 Å². The molecule has 0 aromatic heterocycles. The third-order valence-electron chi connectivity index (χ3n) is 3.79. The number of hydrogen-bond donors (Lipinski definition) is 2. The van der Waals surface area contributed by atoms with Crippen molar-refractivity contribution in [3.05, 3.63) is 34.4 Å². The molecule has 0 aromatic carbocycles. The van der Waals surface area contributed by atoms with E-state index in [-0.39, 0.29) is 0 Å². The number of allylic oxidation sites excluding steroid dienone is 3. The molecular weight excluding hydrogens is 256 g/mol. The van der Waals surface area contributed by atoms with Gasteiger partial charge in [-0.1, -0.05) is 32.4 Å². The first-order valence-electron chi connectivity index (χ1n) is 7.06. The molecular formula is C16H24O4. The van der Waals surface area contributed by atoms with Crippen molar-refractivity contribution in [2.24, 2.45) is 0 Å². The molecule has 0 heterocycles. The molecule has 1 aliphatic carbocycles. The first-order chi connectivity index (χ1) is 9.42. The predicted octanol–water partition coefficient (Wildman–Crippen LogP) is 3.19. The van der Waals surface area contributed by atoms with Crippen LogP contribution in [0.25, 0.3) is 0 Å². The van der Waals surface area contributed by atoms with Crippen molar-refractivity contribution < 1.29 is 19.7 Å². The molecule has 20 heavy (non-hydrogen) atoms. The van der Waals surface area contributed by atoms with Gasteiger partial charge in [0.05, 0.1) is 0 Å². The van der Waals surface area contributed by atoms with Crippen molar-refractivity contribution in [3.63, 3.8) is 0 Å². The molecule has 0 aliphatic heterocycles. The summed E-state index contributed by atoms with van der Waals surface area (Å²) in [6.45, 7) is 5.81. The molecule has 0 saturated carbocycles. The van der Waals surface area contributed by atoms with Crippen molar-refractivity contribution in [2.45, 2.75) is 52.2 Å². The van der Waals surface area contributed by atoms with E-state index in [1.165, 1.54) is 7.11 Å². The maximum absolute atomic E-state index is 11.4. The highest BCUT2D eigenvalue weighted by molar-refractivity contribution is 5.88. The Balaban J connectivity index is 3.35. The zero-order valence-electron chi connectivity index (χ0n) is 12.7. The van der Waals surface area contributed by atoms with E-state index in [9.17, 15) is 15.0 Å². The van der Waals surface area contributed by atoms with Crippen molar-refractivity contribution in [1.29, 1.82) is 0 Å². The van der Waals surface area contributed by atoms with Crippen LogP contribution in [0.2, 0.25) is 0 Å². The van der Waals surface area contributed by atoms with Gasteiger partial charge in [0.15, 0.2) is 5.79 Å². The number of methoxy groups -OCH3 is 1. The number of ether oxygens (including phenoxy) is 1. The smallest absolute Gasteiger partial charge is 0.331 e. The van der Waals surface area contributed by atoms with Crippen LogP contribution in [0.1, 0.15) is 46.5 Å². The second-order valence-electron chi connectivity index (χ2n) is 4.90. The summed E-state index contributed by atoms with van der Waals surface area (Å²) in [4.78, 5) is 11.4. The molecule has 4 nitrogen and oxygen atoms in total. The molecule has 0 aromatic rings. The Labute approximate surface area is 120 Å².